The van der Waals surface area contributed by atoms with Crippen LogP contribution < -0.4 is 0 Å². The second-order valence-electron chi connectivity index (χ2n) is 4.40. The zero-order chi connectivity index (χ0) is 10.2. The molecular formula is C13H23Cl. The fourth-order valence-corrected chi connectivity index (χ4v) is 2.37. The standard InChI is InChI=1S/C13H23Cl/c1-2-3-4-5-6-7-8-12-9-10-13(14)11-12/h11,13H,2-10H2,1H3. The van der Waals surface area contributed by atoms with Crippen molar-refractivity contribution < 1.29 is 0 Å². The molecular weight excluding hydrogens is 192 g/mol. The third kappa shape index (κ3) is 5.05. The van der Waals surface area contributed by atoms with Crippen molar-refractivity contribution in [3.05, 3.63) is 11.6 Å². The summed E-state index contributed by atoms with van der Waals surface area (Å²) in [5, 5.41) is 0.338. The summed E-state index contributed by atoms with van der Waals surface area (Å²) in [5.41, 5.74) is 1.61. The molecule has 0 fully saturated rings. The van der Waals surface area contributed by atoms with Crippen molar-refractivity contribution in [3.8, 4) is 0 Å². The molecule has 1 rings (SSSR count). The molecule has 1 atom stereocenters. The van der Waals surface area contributed by atoms with Crippen LogP contribution in [-0.2, 0) is 0 Å². The second kappa shape index (κ2) is 7.34. The van der Waals surface area contributed by atoms with Crippen LogP contribution in [0.5, 0.6) is 0 Å². The number of rotatable bonds is 7. The van der Waals surface area contributed by atoms with E-state index in [4.69, 9.17) is 11.6 Å². The highest BCUT2D eigenvalue weighted by Crippen LogP contribution is 2.26. The van der Waals surface area contributed by atoms with Crippen LogP contribution in [0, 0.1) is 0 Å². The number of halogens is 1. The van der Waals surface area contributed by atoms with Crippen molar-refractivity contribution in [2.45, 2.75) is 70.1 Å². The van der Waals surface area contributed by atoms with E-state index in [1.54, 1.807) is 5.57 Å². The minimum atomic E-state index is 0.338. The van der Waals surface area contributed by atoms with E-state index in [-0.39, 0.29) is 0 Å². The molecule has 0 spiro atoms. The maximum atomic E-state index is 6.01. The van der Waals surface area contributed by atoms with E-state index in [9.17, 15) is 0 Å². The summed E-state index contributed by atoms with van der Waals surface area (Å²) in [6.45, 7) is 2.27. The molecule has 0 aromatic rings. The van der Waals surface area contributed by atoms with Gasteiger partial charge in [-0.1, -0.05) is 50.7 Å². The summed E-state index contributed by atoms with van der Waals surface area (Å²) in [6.07, 6.45) is 14.4. The second-order valence-corrected chi connectivity index (χ2v) is 4.96. The number of unbranched alkanes of at least 4 members (excludes halogenated alkanes) is 5. The van der Waals surface area contributed by atoms with Gasteiger partial charge in [-0.3, -0.25) is 0 Å². The van der Waals surface area contributed by atoms with Crippen LogP contribution in [0.1, 0.15) is 64.7 Å². The average Bonchev–Trinajstić information content (AvgIpc) is 2.58. The number of hydrogen-bond acceptors (Lipinski definition) is 0. The third-order valence-corrected chi connectivity index (χ3v) is 3.35. The molecule has 0 N–H and O–H groups in total. The largest absolute Gasteiger partial charge is 0.118 e. The Labute approximate surface area is 93.7 Å². The molecule has 0 aromatic heterocycles. The van der Waals surface area contributed by atoms with Gasteiger partial charge in [0.05, 0.1) is 5.38 Å². The molecule has 0 heterocycles. The molecule has 0 bridgehead atoms. The highest BCUT2D eigenvalue weighted by molar-refractivity contribution is 6.22. The molecule has 14 heavy (non-hydrogen) atoms. The molecule has 0 saturated carbocycles. The van der Waals surface area contributed by atoms with Crippen LogP contribution in [0.15, 0.2) is 11.6 Å². The van der Waals surface area contributed by atoms with Gasteiger partial charge in [0, 0.05) is 0 Å². The molecule has 0 radical (unpaired) electrons. The van der Waals surface area contributed by atoms with Crippen molar-refractivity contribution in [2.75, 3.05) is 0 Å². The topological polar surface area (TPSA) is 0 Å². The van der Waals surface area contributed by atoms with Gasteiger partial charge >= 0.3 is 0 Å². The fraction of sp³-hybridized carbons (Fsp3) is 0.846. The lowest BCUT2D eigenvalue weighted by Crippen LogP contribution is -1.82. The lowest BCUT2D eigenvalue weighted by atomic mass is 10.1. The lowest BCUT2D eigenvalue weighted by Gasteiger charge is -2.01. The van der Waals surface area contributed by atoms with Crippen LogP contribution in [0.3, 0.4) is 0 Å². The smallest absolute Gasteiger partial charge is 0.0521 e. The SMILES string of the molecule is CCCCCCCCC1=CC(Cl)CC1. The van der Waals surface area contributed by atoms with Crippen LogP contribution in [0.4, 0.5) is 0 Å². The Kier molecular flexibility index (Phi) is 6.34. The van der Waals surface area contributed by atoms with Crippen molar-refractivity contribution in [3.63, 3.8) is 0 Å². The molecule has 0 aromatic carbocycles. The Morgan fingerprint density at radius 3 is 2.57 bits per heavy atom. The van der Waals surface area contributed by atoms with Crippen molar-refractivity contribution in [2.24, 2.45) is 0 Å². The monoisotopic (exact) mass is 214 g/mol. The first-order valence-electron chi connectivity index (χ1n) is 6.16. The van der Waals surface area contributed by atoms with Gasteiger partial charge in [0.15, 0.2) is 0 Å². The molecule has 1 aliphatic rings. The van der Waals surface area contributed by atoms with Crippen molar-refractivity contribution >= 4 is 11.6 Å². The van der Waals surface area contributed by atoms with Crippen LogP contribution in [-0.4, -0.2) is 5.38 Å². The van der Waals surface area contributed by atoms with Gasteiger partial charge < -0.3 is 0 Å². The van der Waals surface area contributed by atoms with Gasteiger partial charge in [0.25, 0.3) is 0 Å². The quantitative estimate of drug-likeness (QED) is 0.316. The Hall–Kier alpha value is 0.0300. The lowest BCUT2D eigenvalue weighted by molar-refractivity contribution is 0.603. The van der Waals surface area contributed by atoms with E-state index in [2.05, 4.69) is 13.0 Å². The van der Waals surface area contributed by atoms with Crippen molar-refractivity contribution in [1.82, 2.24) is 0 Å². The van der Waals surface area contributed by atoms with Gasteiger partial charge in [-0.25, -0.2) is 0 Å². The van der Waals surface area contributed by atoms with E-state index in [1.165, 1.54) is 57.8 Å². The average molecular weight is 215 g/mol. The molecule has 0 amide bonds. The molecule has 0 nitrogen and oxygen atoms in total. The Morgan fingerprint density at radius 1 is 1.21 bits per heavy atom. The molecule has 1 unspecified atom stereocenters. The zero-order valence-electron chi connectivity index (χ0n) is 9.40. The van der Waals surface area contributed by atoms with E-state index >= 15 is 0 Å². The molecule has 0 aliphatic heterocycles. The van der Waals surface area contributed by atoms with Crippen LogP contribution in [0.25, 0.3) is 0 Å². The van der Waals surface area contributed by atoms with E-state index < -0.39 is 0 Å². The minimum absolute atomic E-state index is 0.338. The first-order valence-corrected chi connectivity index (χ1v) is 6.60. The predicted octanol–water partition coefficient (Wildman–Crippen LogP) is 5.06. The van der Waals surface area contributed by atoms with Gasteiger partial charge in [-0.05, 0) is 25.7 Å². The van der Waals surface area contributed by atoms with Crippen molar-refractivity contribution in [1.29, 1.82) is 0 Å². The maximum Gasteiger partial charge on any atom is 0.0521 e. The summed E-state index contributed by atoms with van der Waals surface area (Å²) in [4.78, 5) is 0. The summed E-state index contributed by atoms with van der Waals surface area (Å²) >= 11 is 6.01. The third-order valence-electron chi connectivity index (χ3n) is 3.01. The molecule has 1 heteroatoms. The van der Waals surface area contributed by atoms with E-state index in [0.717, 1.165) is 0 Å². The van der Waals surface area contributed by atoms with E-state index in [1.807, 2.05) is 0 Å². The van der Waals surface area contributed by atoms with Gasteiger partial charge in [-0.15, -0.1) is 11.6 Å². The summed E-state index contributed by atoms with van der Waals surface area (Å²) < 4.78 is 0. The molecule has 82 valence electrons. The number of allylic oxidation sites excluding steroid dienone is 2. The predicted molar refractivity (Wildman–Crippen MR) is 65.0 cm³/mol. The minimum Gasteiger partial charge on any atom is -0.118 e. The number of hydrogen-bond donors (Lipinski definition) is 0. The summed E-state index contributed by atoms with van der Waals surface area (Å²) in [6, 6.07) is 0. The molecule has 0 saturated heterocycles. The van der Waals surface area contributed by atoms with Crippen LogP contribution >= 0.6 is 11.6 Å². The Bertz CT molecular complexity index is 172. The fourth-order valence-electron chi connectivity index (χ4n) is 2.09. The summed E-state index contributed by atoms with van der Waals surface area (Å²) in [5.74, 6) is 0. The highest BCUT2D eigenvalue weighted by Gasteiger charge is 2.11. The Balaban J connectivity index is 1.91. The first-order chi connectivity index (χ1) is 6.83. The molecule has 1 aliphatic carbocycles. The highest BCUT2D eigenvalue weighted by atomic mass is 35.5. The van der Waals surface area contributed by atoms with Gasteiger partial charge in [0.2, 0.25) is 0 Å². The maximum absolute atomic E-state index is 6.01. The van der Waals surface area contributed by atoms with Gasteiger partial charge in [-0.2, -0.15) is 0 Å². The first kappa shape index (κ1) is 12.1. The zero-order valence-corrected chi connectivity index (χ0v) is 10.2. The van der Waals surface area contributed by atoms with Crippen LogP contribution in [0.2, 0.25) is 0 Å². The number of alkyl halides is 1. The Morgan fingerprint density at radius 2 is 1.93 bits per heavy atom. The van der Waals surface area contributed by atoms with E-state index in [0.29, 0.717) is 5.38 Å². The summed E-state index contributed by atoms with van der Waals surface area (Å²) in [7, 11) is 0. The normalized spacial score (nSPS) is 21.3. The van der Waals surface area contributed by atoms with Gasteiger partial charge in [0.1, 0.15) is 0 Å².